The molecule has 0 aromatic rings. The van der Waals surface area contributed by atoms with Crippen LogP contribution >= 0.6 is 0 Å². The van der Waals surface area contributed by atoms with E-state index in [0.29, 0.717) is 0 Å². The average molecular weight is 221 g/mol. The molecule has 0 unspecified atom stereocenters. The Bertz CT molecular complexity index is 95.3. The van der Waals surface area contributed by atoms with Crippen molar-refractivity contribution >= 4 is 8.56 Å². The second-order valence-electron chi connectivity index (χ2n) is 3.25. The van der Waals surface area contributed by atoms with Gasteiger partial charge >= 0.3 is 8.56 Å². The predicted octanol–water partition coefficient (Wildman–Crippen LogP) is 2.38. The van der Waals surface area contributed by atoms with Crippen LogP contribution in [-0.4, -0.2) is 35.9 Å². The maximum atomic E-state index is 5.63. The van der Waals surface area contributed by atoms with Crippen molar-refractivity contribution in [2.45, 2.75) is 39.8 Å². The molecular formula is C10H27NO2Si. The Morgan fingerprint density at radius 1 is 1.00 bits per heavy atom. The quantitative estimate of drug-likeness (QED) is 0.699. The molecule has 1 N–H and O–H groups in total. The molecule has 0 saturated heterocycles. The van der Waals surface area contributed by atoms with E-state index in [1.165, 1.54) is 0 Å². The lowest BCUT2D eigenvalue weighted by Crippen LogP contribution is -2.38. The summed E-state index contributed by atoms with van der Waals surface area (Å²) in [6, 6.07) is 1.11. The average Bonchev–Trinajstić information content (AvgIpc) is 2.06. The highest BCUT2D eigenvalue weighted by molar-refractivity contribution is 6.66. The number of hydrogen-bond donors (Lipinski definition) is 1. The minimum absolute atomic E-state index is 0.780. The molecule has 0 bridgehead atoms. The smallest absolute Gasteiger partial charge is 0.334 e. The zero-order chi connectivity index (χ0) is 11.4. The minimum Gasteiger partial charge on any atom is -0.395 e. The van der Waals surface area contributed by atoms with Crippen LogP contribution in [-0.2, 0) is 8.85 Å². The molecule has 0 aliphatic rings. The number of rotatable bonds is 6. The topological polar surface area (TPSA) is 30.5 Å². The van der Waals surface area contributed by atoms with E-state index < -0.39 is 8.56 Å². The molecule has 14 heavy (non-hydrogen) atoms. The van der Waals surface area contributed by atoms with Gasteiger partial charge in [0.15, 0.2) is 0 Å². The van der Waals surface area contributed by atoms with E-state index in [2.05, 4.69) is 18.8 Å². The van der Waals surface area contributed by atoms with Gasteiger partial charge in [-0.1, -0.05) is 13.3 Å². The molecule has 0 atom stereocenters. The van der Waals surface area contributed by atoms with E-state index >= 15 is 0 Å². The van der Waals surface area contributed by atoms with Crippen molar-refractivity contribution in [3.8, 4) is 0 Å². The van der Waals surface area contributed by atoms with Crippen molar-refractivity contribution in [3.05, 3.63) is 0 Å². The van der Waals surface area contributed by atoms with Gasteiger partial charge in [-0.05, 0) is 40.5 Å². The maximum Gasteiger partial charge on any atom is 0.334 e. The van der Waals surface area contributed by atoms with Crippen LogP contribution in [0.1, 0.15) is 27.2 Å². The van der Waals surface area contributed by atoms with Crippen molar-refractivity contribution < 1.29 is 8.85 Å². The highest BCUT2D eigenvalue weighted by atomic mass is 28.4. The third-order valence-electron chi connectivity index (χ3n) is 1.60. The van der Waals surface area contributed by atoms with Gasteiger partial charge in [-0.3, -0.25) is 0 Å². The van der Waals surface area contributed by atoms with Crippen molar-refractivity contribution in [1.82, 2.24) is 5.32 Å². The first-order valence-electron chi connectivity index (χ1n) is 5.46. The summed E-state index contributed by atoms with van der Waals surface area (Å²) in [5, 5.41) is 2.75. The zero-order valence-electron chi connectivity index (χ0n) is 10.6. The molecule has 0 radical (unpaired) electrons. The standard InChI is InChI=1S/C8H20O2Si.C2H7N/c1-5-8-11(4,9-6-2)10-7-3;1-3-2/h5-8H2,1-4H3;3H,1-2H3. The van der Waals surface area contributed by atoms with Crippen LogP contribution in [0, 0.1) is 0 Å². The summed E-state index contributed by atoms with van der Waals surface area (Å²) in [4.78, 5) is 0. The fraction of sp³-hybridized carbons (Fsp3) is 1.00. The van der Waals surface area contributed by atoms with Crippen LogP contribution in [0.2, 0.25) is 12.6 Å². The van der Waals surface area contributed by atoms with Crippen LogP contribution in [0.5, 0.6) is 0 Å². The van der Waals surface area contributed by atoms with Crippen molar-refractivity contribution in [3.63, 3.8) is 0 Å². The molecule has 0 aromatic carbocycles. The maximum absolute atomic E-state index is 5.63. The summed E-state index contributed by atoms with van der Waals surface area (Å²) in [7, 11) is 2.00. The first-order valence-corrected chi connectivity index (χ1v) is 7.98. The Balaban J connectivity index is 0. The predicted molar refractivity (Wildman–Crippen MR) is 65.0 cm³/mol. The molecule has 88 valence electrons. The summed E-state index contributed by atoms with van der Waals surface area (Å²) >= 11 is 0. The van der Waals surface area contributed by atoms with Crippen LogP contribution in [0.4, 0.5) is 0 Å². The van der Waals surface area contributed by atoms with Crippen molar-refractivity contribution in [1.29, 1.82) is 0 Å². The molecule has 0 heterocycles. The number of nitrogens with one attached hydrogen (secondary N) is 1. The second-order valence-corrected chi connectivity index (χ2v) is 6.59. The lowest BCUT2D eigenvalue weighted by atomic mass is 10.6. The molecule has 3 nitrogen and oxygen atoms in total. The van der Waals surface area contributed by atoms with E-state index in [1.807, 2.05) is 27.9 Å². The Hall–Kier alpha value is 0.0969. The van der Waals surface area contributed by atoms with Crippen LogP contribution in [0.25, 0.3) is 0 Å². The van der Waals surface area contributed by atoms with E-state index in [0.717, 1.165) is 25.7 Å². The Morgan fingerprint density at radius 2 is 1.36 bits per heavy atom. The molecule has 0 spiro atoms. The Labute approximate surface area is 90.4 Å². The molecular weight excluding hydrogens is 194 g/mol. The fourth-order valence-electron chi connectivity index (χ4n) is 1.25. The van der Waals surface area contributed by atoms with E-state index in [-0.39, 0.29) is 0 Å². The first kappa shape index (κ1) is 16.5. The SMILES string of the molecule is CCC[Si](C)(OCC)OCC.CNC. The highest BCUT2D eigenvalue weighted by Gasteiger charge is 2.28. The van der Waals surface area contributed by atoms with Gasteiger partial charge in [-0.2, -0.15) is 0 Å². The molecule has 0 rings (SSSR count). The normalized spacial score (nSPS) is 10.7. The van der Waals surface area contributed by atoms with Gasteiger partial charge in [-0.25, -0.2) is 0 Å². The van der Waals surface area contributed by atoms with Gasteiger partial charge in [0.1, 0.15) is 0 Å². The number of hydrogen-bond acceptors (Lipinski definition) is 3. The fourth-order valence-corrected chi connectivity index (χ4v) is 3.75. The Morgan fingerprint density at radius 3 is 1.57 bits per heavy atom. The van der Waals surface area contributed by atoms with E-state index in [1.54, 1.807) is 0 Å². The molecule has 0 saturated carbocycles. The van der Waals surface area contributed by atoms with Crippen LogP contribution in [0.3, 0.4) is 0 Å². The Kier molecular flexibility index (Phi) is 13.2. The van der Waals surface area contributed by atoms with Crippen molar-refractivity contribution in [2.75, 3.05) is 27.3 Å². The summed E-state index contributed by atoms with van der Waals surface area (Å²) in [5.74, 6) is 0. The third kappa shape index (κ3) is 10.2. The monoisotopic (exact) mass is 221 g/mol. The second kappa shape index (κ2) is 11.2. The summed E-state index contributed by atoms with van der Waals surface area (Å²) in [5.41, 5.74) is 0. The minimum atomic E-state index is -1.75. The highest BCUT2D eigenvalue weighted by Crippen LogP contribution is 2.14. The molecule has 0 aromatic heterocycles. The van der Waals surface area contributed by atoms with Gasteiger partial charge in [0.2, 0.25) is 0 Å². The molecule has 0 aliphatic heterocycles. The van der Waals surface area contributed by atoms with Crippen molar-refractivity contribution in [2.24, 2.45) is 0 Å². The molecule has 4 heteroatoms. The molecule has 0 aliphatic carbocycles. The summed E-state index contributed by atoms with van der Waals surface area (Å²) in [6.45, 7) is 9.93. The van der Waals surface area contributed by atoms with Gasteiger partial charge in [0.05, 0.1) is 0 Å². The first-order chi connectivity index (χ1) is 6.60. The van der Waals surface area contributed by atoms with Crippen LogP contribution in [0.15, 0.2) is 0 Å². The molecule has 0 fully saturated rings. The summed E-state index contributed by atoms with van der Waals surface area (Å²) < 4.78 is 11.3. The third-order valence-corrected chi connectivity index (χ3v) is 4.81. The molecule has 0 amide bonds. The van der Waals surface area contributed by atoms with E-state index in [9.17, 15) is 0 Å². The van der Waals surface area contributed by atoms with Gasteiger partial charge in [0.25, 0.3) is 0 Å². The van der Waals surface area contributed by atoms with Crippen LogP contribution < -0.4 is 5.32 Å². The van der Waals surface area contributed by atoms with Gasteiger partial charge < -0.3 is 14.2 Å². The lowest BCUT2D eigenvalue weighted by Gasteiger charge is -2.25. The largest absolute Gasteiger partial charge is 0.395 e. The van der Waals surface area contributed by atoms with Gasteiger partial charge in [-0.15, -0.1) is 0 Å². The van der Waals surface area contributed by atoms with E-state index in [4.69, 9.17) is 8.85 Å². The summed E-state index contributed by atoms with van der Waals surface area (Å²) in [6.07, 6.45) is 1.16. The van der Waals surface area contributed by atoms with Gasteiger partial charge in [0, 0.05) is 13.2 Å². The zero-order valence-corrected chi connectivity index (χ0v) is 11.6. The lowest BCUT2D eigenvalue weighted by molar-refractivity contribution is 0.189.